The average Bonchev–Trinajstić information content (AvgIpc) is 2.90. The summed E-state index contributed by atoms with van der Waals surface area (Å²) in [6.45, 7) is 0. The predicted molar refractivity (Wildman–Crippen MR) is 80.2 cm³/mol. The molecule has 4 heteroatoms. The van der Waals surface area contributed by atoms with Gasteiger partial charge in [-0.25, -0.2) is 0 Å². The van der Waals surface area contributed by atoms with Crippen LogP contribution in [0.3, 0.4) is 0 Å². The van der Waals surface area contributed by atoms with E-state index in [1.807, 2.05) is 48.5 Å². The monoisotopic (exact) mass is 266 g/mol. The molecule has 1 atom stereocenters. The van der Waals surface area contributed by atoms with Crippen LogP contribution in [0.4, 0.5) is 0 Å². The number of hydrogen-bond donors (Lipinski definition) is 1. The smallest absolute Gasteiger partial charge is 0.0705 e. The molecule has 0 saturated carbocycles. The number of benzene rings is 1. The van der Waals surface area contributed by atoms with E-state index in [-0.39, 0.29) is 6.04 Å². The van der Waals surface area contributed by atoms with Crippen LogP contribution in [-0.2, 0) is 13.5 Å². The third-order valence-electron chi connectivity index (χ3n) is 3.58. The third kappa shape index (κ3) is 2.56. The summed E-state index contributed by atoms with van der Waals surface area (Å²) in [6, 6.07) is 10.2. The van der Waals surface area contributed by atoms with Crippen molar-refractivity contribution in [1.29, 1.82) is 0 Å². The number of pyridine rings is 1. The molecule has 1 unspecified atom stereocenters. The van der Waals surface area contributed by atoms with Crippen molar-refractivity contribution in [3.63, 3.8) is 0 Å². The zero-order chi connectivity index (χ0) is 13.9. The predicted octanol–water partition coefficient (Wildman–Crippen LogP) is 2.60. The van der Waals surface area contributed by atoms with Crippen LogP contribution in [-0.4, -0.2) is 14.8 Å². The molecular weight excluding hydrogens is 248 g/mol. The standard InChI is InChI=1S/C16H18N4/c1-20-11-12(10-19-20)7-8-15(17)13-4-2-6-16-14(13)5-3-9-18-16/h2-6,9-11,15H,7-8,17H2,1H3. The Morgan fingerprint density at radius 3 is 2.95 bits per heavy atom. The maximum absolute atomic E-state index is 6.36. The summed E-state index contributed by atoms with van der Waals surface area (Å²) in [5.74, 6) is 0. The molecule has 3 aromatic rings. The molecule has 0 saturated heterocycles. The first kappa shape index (κ1) is 12.8. The Bertz CT molecular complexity index is 712. The van der Waals surface area contributed by atoms with E-state index in [0.29, 0.717) is 0 Å². The fourth-order valence-corrected chi connectivity index (χ4v) is 2.53. The van der Waals surface area contributed by atoms with Crippen molar-refractivity contribution in [2.24, 2.45) is 12.8 Å². The highest BCUT2D eigenvalue weighted by molar-refractivity contribution is 5.82. The highest BCUT2D eigenvalue weighted by Gasteiger charge is 2.10. The number of aromatic nitrogens is 3. The second kappa shape index (κ2) is 5.43. The van der Waals surface area contributed by atoms with E-state index < -0.39 is 0 Å². The Morgan fingerprint density at radius 2 is 2.15 bits per heavy atom. The largest absolute Gasteiger partial charge is 0.324 e. The number of hydrogen-bond acceptors (Lipinski definition) is 3. The normalized spacial score (nSPS) is 12.7. The van der Waals surface area contributed by atoms with Crippen molar-refractivity contribution in [2.45, 2.75) is 18.9 Å². The summed E-state index contributed by atoms with van der Waals surface area (Å²) in [5.41, 5.74) is 9.75. The summed E-state index contributed by atoms with van der Waals surface area (Å²) in [4.78, 5) is 4.38. The van der Waals surface area contributed by atoms with Gasteiger partial charge in [0.25, 0.3) is 0 Å². The quantitative estimate of drug-likeness (QED) is 0.789. The van der Waals surface area contributed by atoms with Gasteiger partial charge < -0.3 is 5.73 Å². The lowest BCUT2D eigenvalue weighted by molar-refractivity contribution is 0.655. The fourth-order valence-electron chi connectivity index (χ4n) is 2.53. The topological polar surface area (TPSA) is 56.7 Å². The van der Waals surface area contributed by atoms with E-state index in [4.69, 9.17) is 5.73 Å². The molecule has 2 N–H and O–H groups in total. The lowest BCUT2D eigenvalue weighted by Gasteiger charge is -2.13. The maximum Gasteiger partial charge on any atom is 0.0705 e. The van der Waals surface area contributed by atoms with Crippen LogP contribution >= 0.6 is 0 Å². The summed E-state index contributed by atoms with van der Waals surface area (Å²) >= 11 is 0. The van der Waals surface area contributed by atoms with Crippen LogP contribution in [0.1, 0.15) is 23.6 Å². The Balaban J connectivity index is 1.80. The van der Waals surface area contributed by atoms with Gasteiger partial charge in [-0.3, -0.25) is 9.67 Å². The zero-order valence-electron chi connectivity index (χ0n) is 11.5. The molecule has 2 heterocycles. The van der Waals surface area contributed by atoms with Crippen molar-refractivity contribution < 1.29 is 0 Å². The summed E-state index contributed by atoms with van der Waals surface area (Å²) < 4.78 is 1.82. The van der Waals surface area contributed by atoms with Crippen LogP contribution in [0.15, 0.2) is 48.9 Å². The Morgan fingerprint density at radius 1 is 1.25 bits per heavy atom. The second-order valence-electron chi connectivity index (χ2n) is 5.08. The molecule has 102 valence electrons. The summed E-state index contributed by atoms with van der Waals surface area (Å²) in [7, 11) is 1.93. The first-order chi connectivity index (χ1) is 9.74. The van der Waals surface area contributed by atoms with Gasteiger partial charge in [0.2, 0.25) is 0 Å². The van der Waals surface area contributed by atoms with Crippen molar-refractivity contribution in [3.8, 4) is 0 Å². The summed E-state index contributed by atoms with van der Waals surface area (Å²) in [5, 5.41) is 5.33. The lowest BCUT2D eigenvalue weighted by Crippen LogP contribution is -2.11. The number of nitrogens with zero attached hydrogens (tertiary/aromatic N) is 3. The first-order valence-electron chi connectivity index (χ1n) is 6.81. The van der Waals surface area contributed by atoms with Crippen molar-refractivity contribution >= 4 is 10.9 Å². The van der Waals surface area contributed by atoms with Gasteiger partial charge in [-0.1, -0.05) is 18.2 Å². The molecule has 3 rings (SSSR count). The molecule has 0 amide bonds. The van der Waals surface area contributed by atoms with Crippen LogP contribution in [0.5, 0.6) is 0 Å². The van der Waals surface area contributed by atoms with E-state index in [0.717, 1.165) is 23.7 Å². The number of aryl methyl sites for hydroxylation is 2. The fraction of sp³-hybridized carbons (Fsp3) is 0.250. The highest BCUT2D eigenvalue weighted by Crippen LogP contribution is 2.24. The molecule has 0 aliphatic carbocycles. The average molecular weight is 266 g/mol. The van der Waals surface area contributed by atoms with Gasteiger partial charge >= 0.3 is 0 Å². The second-order valence-corrected chi connectivity index (χ2v) is 5.08. The SMILES string of the molecule is Cn1cc(CCC(N)c2cccc3ncccc23)cn1. The minimum absolute atomic E-state index is 0.0168. The molecule has 0 spiro atoms. The van der Waals surface area contributed by atoms with Gasteiger partial charge in [0.05, 0.1) is 11.7 Å². The molecule has 2 aromatic heterocycles. The van der Waals surface area contributed by atoms with Gasteiger partial charge in [-0.2, -0.15) is 5.10 Å². The molecule has 4 nitrogen and oxygen atoms in total. The van der Waals surface area contributed by atoms with Crippen LogP contribution < -0.4 is 5.73 Å². The minimum Gasteiger partial charge on any atom is -0.324 e. The number of nitrogens with two attached hydrogens (primary N) is 1. The number of rotatable bonds is 4. The molecular formula is C16H18N4. The van der Waals surface area contributed by atoms with Gasteiger partial charge in [0, 0.05) is 30.9 Å². The molecule has 0 aliphatic rings. The Hall–Kier alpha value is -2.20. The molecule has 20 heavy (non-hydrogen) atoms. The van der Waals surface area contributed by atoms with E-state index in [9.17, 15) is 0 Å². The van der Waals surface area contributed by atoms with Crippen molar-refractivity contribution in [2.75, 3.05) is 0 Å². The number of fused-ring (bicyclic) bond motifs is 1. The van der Waals surface area contributed by atoms with Gasteiger partial charge in [0.1, 0.15) is 0 Å². The Labute approximate surface area is 118 Å². The van der Waals surface area contributed by atoms with Gasteiger partial charge in [-0.05, 0) is 36.1 Å². The lowest BCUT2D eigenvalue weighted by atomic mass is 9.97. The minimum atomic E-state index is 0.0168. The molecule has 0 aliphatic heterocycles. The van der Waals surface area contributed by atoms with E-state index in [1.54, 1.807) is 0 Å². The molecule has 1 aromatic carbocycles. The third-order valence-corrected chi connectivity index (χ3v) is 3.58. The van der Waals surface area contributed by atoms with Crippen LogP contribution in [0.25, 0.3) is 10.9 Å². The van der Waals surface area contributed by atoms with Gasteiger partial charge in [0.15, 0.2) is 0 Å². The first-order valence-corrected chi connectivity index (χ1v) is 6.81. The summed E-state index contributed by atoms with van der Waals surface area (Å²) in [6.07, 6.45) is 7.59. The van der Waals surface area contributed by atoms with Crippen LogP contribution in [0, 0.1) is 0 Å². The van der Waals surface area contributed by atoms with Gasteiger partial charge in [-0.15, -0.1) is 0 Å². The Kier molecular flexibility index (Phi) is 3.48. The van der Waals surface area contributed by atoms with Crippen LogP contribution in [0.2, 0.25) is 0 Å². The highest BCUT2D eigenvalue weighted by atomic mass is 15.2. The van der Waals surface area contributed by atoms with E-state index in [1.165, 1.54) is 11.1 Å². The van der Waals surface area contributed by atoms with E-state index in [2.05, 4.69) is 22.2 Å². The van der Waals surface area contributed by atoms with Crippen molar-refractivity contribution in [1.82, 2.24) is 14.8 Å². The molecule has 0 fully saturated rings. The molecule has 0 radical (unpaired) electrons. The molecule has 0 bridgehead atoms. The maximum atomic E-state index is 6.36. The van der Waals surface area contributed by atoms with Crippen molar-refractivity contribution in [3.05, 3.63) is 60.0 Å². The van der Waals surface area contributed by atoms with E-state index >= 15 is 0 Å². The zero-order valence-corrected chi connectivity index (χ0v) is 11.5.